The van der Waals surface area contributed by atoms with Gasteiger partial charge in [0.2, 0.25) is 0 Å². The predicted molar refractivity (Wildman–Crippen MR) is 70.4 cm³/mol. The molecule has 2 nitrogen and oxygen atoms in total. The highest BCUT2D eigenvalue weighted by molar-refractivity contribution is 6.39. The number of benzene rings is 1. The summed E-state index contributed by atoms with van der Waals surface area (Å²) in [5.74, 6) is 0. The summed E-state index contributed by atoms with van der Waals surface area (Å²) in [5.41, 5.74) is 3.03. The Morgan fingerprint density at radius 3 is 2.41 bits per heavy atom. The van der Waals surface area contributed by atoms with Crippen molar-refractivity contribution in [3.63, 3.8) is 0 Å². The number of nitrogens with zero attached hydrogens (tertiary/aromatic N) is 1. The van der Waals surface area contributed by atoms with E-state index in [1.165, 1.54) is 0 Å². The molecule has 17 heavy (non-hydrogen) atoms. The number of pyridine rings is 1. The van der Waals surface area contributed by atoms with Crippen molar-refractivity contribution in [1.29, 1.82) is 0 Å². The second-order valence-electron chi connectivity index (χ2n) is 3.71. The maximum atomic E-state index is 9.42. The zero-order chi connectivity index (χ0) is 12.4. The third-order valence-corrected chi connectivity index (χ3v) is 3.28. The molecule has 0 fully saturated rings. The van der Waals surface area contributed by atoms with Crippen molar-refractivity contribution in [2.45, 2.75) is 13.5 Å². The van der Waals surface area contributed by atoms with Crippen LogP contribution in [0.2, 0.25) is 10.0 Å². The fourth-order valence-electron chi connectivity index (χ4n) is 1.73. The summed E-state index contributed by atoms with van der Waals surface area (Å²) in [5, 5.41) is 10.5. The van der Waals surface area contributed by atoms with Crippen LogP contribution in [0.5, 0.6) is 0 Å². The van der Waals surface area contributed by atoms with Crippen molar-refractivity contribution >= 4 is 23.2 Å². The average molecular weight is 268 g/mol. The lowest BCUT2D eigenvalue weighted by Crippen LogP contribution is -1.97. The van der Waals surface area contributed by atoms with E-state index in [-0.39, 0.29) is 6.61 Å². The molecule has 2 aromatic rings. The van der Waals surface area contributed by atoms with Crippen molar-refractivity contribution in [2.24, 2.45) is 0 Å². The molecule has 1 aromatic heterocycles. The summed E-state index contributed by atoms with van der Waals surface area (Å²) in [6.07, 6.45) is 1.68. The summed E-state index contributed by atoms with van der Waals surface area (Å²) in [6.45, 7) is 1.83. The van der Waals surface area contributed by atoms with Gasteiger partial charge in [0.25, 0.3) is 0 Å². The van der Waals surface area contributed by atoms with Gasteiger partial charge in [0.1, 0.15) is 0 Å². The normalized spacial score (nSPS) is 10.6. The van der Waals surface area contributed by atoms with Crippen LogP contribution in [0.4, 0.5) is 0 Å². The Morgan fingerprint density at radius 1 is 1.18 bits per heavy atom. The molecule has 0 spiro atoms. The molecule has 0 atom stereocenters. The van der Waals surface area contributed by atoms with Crippen LogP contribution in [0.3, 0.4) is 0 Å². The summed E-state index contributed by atoms with van der Waals surface area (Å²) < 4.78 is 0. The van der Waals surface area contributed by atoms with Crippen LogP contribution < -0.4 is 0 Å². The molecule has 4 heteroatoms. The van der Waals surface area contributed by atoms with Gasteiger partial charge in [0.15, 0.2) is 0 Å². The number of rotatable bonds is 2. The Labute approximate surface area is 110 Å². The molecule has 0 saturated carbocycles. The van der Waals surface area contributed by atoms with Gasteiger partial charge in [-0.1, -0.05) is 29.3 Å². The molecule has 2 rings (SSSR count). The molecule has 1 aromatic carbocycles. The molecular formula is C13H11Cl2NO. The zero-order valence-corrected chi connectivity index (χ0v) is 10.8. The largest absolute Gasteiger partial charge is 0.392 e. The molecule has 0 radical (unpaired) electrons. The lowest BCUT2D eigenvalue weighted by atomic mass is 10.0. The topological polar surface area (TPSA) is 33.1 Å². The number of hydrogen-bond acceptors (Lipinski definition) is 2. The Balaban J connectivity index is 2.73. The monoisotopic (exact) mass is 267 g/mol. The molecule has 1 N–H and O–H groups in total. The second-order valence-corrected chi connectivity index (χ2v) is 4.52. The molecule has 0 saturated heterocycles. The minimum atomic E-state index is -0.0867. The molecule has 0 unspecified atom stereocenters. The van der Waals surface area contributed by atoms with Gasteiger partial charge in [-0.15, -0.1) is 0 Å². The van der Waals surface area contributed by atoms with Crippen LogP contribution in [0.1, 0.15) is 11.1 Å². The number of aliphatic hydroxyl groups excluding tert-OH is 1. The number of aromatic nitrogens is 1. The van der Waals surface area contributed by atoms with E-state index >= 15 is 0 Å². The van der Waals surface area contributed by atoms with Crippen molar-refractivity contribution in [3.05, 3.63) is 51.6 Å². The first kappa shape index (κ1) is 12.4. The number of aliphatic hydroxyl groups is 1. The van der Waals surface area contributed by atoms with E-state index in [4.69, 9.17) is 23.2 Å². The van der Waals surface area contributed by atoms with E-state index < -0.39 is 0 Å². The predicted octanol–water partition coefficient (Wildman–Crippen LogP) is 3.86. The maximum Gasteiger partial charge on any atom is 0.0789 e. The minimum Gasteiger partial charge on any atom is -0.392 e. The van der Waals surface area contributed by atoms with Crippen LogP contribution in [0.15, 0.2) is 30.5 Å². The summed E-state index contributed by atoms with van der Waals surface area (Å²) in [7, 11) is 0. The van der Waals surface area contributed by atoms with Crippen molar-refractivity contribution in [1.82, 2.24) is 4.98 Å². The summed E-state index contributed by atoms with van der Waals surface area (Å²) >= 11 is 12.3. The van der Waals surface area contributed by atoms with Gasteiger partial charge in [-0.2, -0.15) is 0 Å². The third-order valence-electron chi connectivity index (χ3n) is 2.65. The lowest BCUT2D eigenvalue weighted by Gasteiger charge is -2.12. The lowest BCUT2D eigenvalue weighted by molar-refractivity contribution is 0.281. The quantitative estimate of drug-likeness (QED) is 0.897. The van der Waals surface area contributed by atoms with Crippen LogP contribution in [-0.4, -0.2) is 10.1 Å². The number of halogens is 2. The van der Waals surface area contributed by atoms with E-state index in [0.717, 1.165) is 11.1 Å². The van der Waals surface area contributed by atoms with Crippen molar-refractivity contribution in [3.8, 4) is 11.3 Å². The minimum absolute atomic E-state index is 0.0867. The van der Waals surface area contributed by atoms with Gasteiger partial charge in [0.05, 0.1) is 22.3 Å². The average Bonchev–Trinajstić information content (AvgIpc) is 2.29. The van der Waals surface area contributed by atoms with Gasteiger partial charge in [-0.3, -0.25) is 4.98 Å². The van der Waals surface area contributed by atoms with E-state index in [1.807, 2.05) is 13.0 Å². The summed E-state index contributed by atoms with van der Waals surface area (Å²) in [6, 6.07) is 7.14. The van der Waals surface area contributed by atoms with Gasteiger partial charge in [-0.05, 0) is 30.7 Å². The van der Waals surface area contributed by atoms with Crippen LogP contribution >= 0.6 is 23.2 Å². The van der Waals surface area contributed by atoms with E-state index in [2.05, 4.69) is 4.98 Å². The Hall–Kier alpha value is -1.09. The first-order valence-corrected chi connectivity index (χ1v) is 5.90. The molecule has 88 valence electrons. The van der Waals surface area contributed by atoms with Crippen LogP contribution in [-0.2, 0) is 6.61 Å². The van der Waals surface area contributed by atoms with E-state index in [9.17, 15) is 5.11 Å². The van der Waals surface area contributed by atoms with Gasteiger partial charge < -0.3 is 5.11 Å². The SMILES string of the molecule is Cc1ccnc(-c2c(Cl)cccc2Cl)c1CO. The van der Waals surface area contributed by atoms with E-state index in [1.54, 1.807) is 24.4 Å². The fourth-order valence-corrected chi connectivity index (χ4v) is 2.30. The molecule has 0 bridgehead atoms. The molecule has 0 amide bonds. The smallest absolute Gasteiger partial charge is 0.0789 e. The highest BCUT2D eigenvalue weighted by atomic mass is 35.5. The Bertz CT molecular complexity index is 535. The van der Waals surface area contributed by atoms with Crippen LogP contribution in [0, 0.1) is 6.92 Å². The van der Waals surface area contributed by atoms with E-state index in [0.29, 0.717) is 21.3 Å². The standard InChI is InChI=1S/C13H11Cl2NO/c1-8-5-6-16-13(9(8)7-17)12-10(14)3-2-4-11(12)15/h2-6,17H,7H2,1H3. The Morgan fingerprint density at radius 2 is 1.82 bits per heavy atom. The van der Waals surface area contributed by atoms with Crippen molar-refractivity contribution in [2.75, 3.05) is 0 Å². The van der Waals surface area contributed by atoms with Gasteiger partial charge in [-0.25, -0.2) is 0 Å². The van der Waals surface area contributed by atoms with Gasteiger partial charge in [0, 0.05) is 17.3 Å². The molecule has 0 aliphatic carbocycles. The number of hydrogen-bond donors (Lipinski definition) is 1. The zero-order valence-electron chi connectivity index (χ0n) is 9.24. The molecule has 0 aliphatic rings. The highest BCUT2D eigenvalue weighted by Gasteiger charge is 2.14. The highest BCUT2D eigenvalue weighted by Crippen LogP contribution is 2.35. The second kappa shape index (κ2) is 5.05. The van der Waals surface area contributed by atoms with Crippen LogP contribution in [0.25, 0.3) is 11.3 Å². The maximum absolute atomic E-state index is 9.42. The van der Waals surface area contributed by atoms with Gasteiger partial charge >= 0.3 is 0 Å². The van der Waals surface area contributed by atoms with Crippen molar-refractivity contribution < 1.29 is 5.11 Å². The Kier molecular flexibility index (Phi) is 3.67. The first-order chi connectivity index (χ1) is 8.15. The number of aryl methyl sites for hydroxylation is 1. The molecule has 0 aliphatic heterocycles. The molecular weight excluding hydrogens is 257 g/mol. The third kappa shape index (κ3) is 2.29. The summed E-state index contributed by atoms with van der Waals surface area (Å²) in [4.78, 5) is 4.27. The molecule has 1 heterocycles. The first-order valence-electron chi connectivity index (χ1n) is 5.15. The fraction of sp³-hybridized carbons (Fsp3) is 0.154.